The van der Waals surface area contributed by atoms with Crippen LogP contribution in [0.15, 0.2) is 70.1 Å². The Labute approximate surface area is 145 Å². The molecule has 0 unspecified atom stereocenters. The third kappa shape index (κ3) is 2.83. The minimum absolute atomic E-state index is 0.0999. The highest BCUT2D eigenvalue weighted by molar-refractivity contribution is 6.06. The van der Waals surface area contributed by atoms with Crippen LogP contribution in [0.5, 0.6) is 11.5 Å². The number of nitrogens with zero attached hydrogens (tertiary/aromatic N) is 1. The number of benzene rings is 3. The van der Waals surface area contributed by atoms with Crippen LogP contribution < -0.4 is 4.74 Å². The van der Waals surface area contributed by atoms with Crippen LogP contribution in [0.25, 0.3) is 21.9 Å². The maximum atomic E-state index is 10.2. The van der Waals surface area contributed by atoms with Gasteiger partial charge in [0, 0.05) is 22.6 Å². The largest absolute Gasteiger partial charge is 0.504 e. The fraction of sp³-hybridized carbons (Fsp3) is 0.0952. The van der Waals surface area contributed by atoms with Crippen LogP contribution in [0.4, 0.5) is 5.69 Å². The lowest BCUT2D eigenvalue weighted by Crippen LogP contribution is -1.93. The summed E-state index contributed by atoms with van der Waals surface area (Å²) in [7, 11) is 0. The van der Waals surface area contributed by atoms with E-state index in [9.17, 15) is 5.11 Å². The van der Waals surface area contributed by atoms with Crippen molar-refractivity contribution in [2.45, 2.75) is 6.92 Å². The molecule has 0 aliphatic rings. The van der Waals surface area contributed by atoms with Crippen LogP contribution >= 0.6 is 0 Å². The first-order chi connectivity index (χ1) is 12.3. The molecule has 25 heavy (non-hydrogen) atoms. The van der Waals surface area contributed by atoms with Crippen molar-refractivity contribution in [2.75, 3.05) is 6.61 Å². The van der Waals surface area contributed by atoms with Crippen LogP contribution in [0.2, 0.25) is 0 Å². The number of aliphatic imine (C=N–C) groups is 1. The normalized spacial score (nSPS) is 11.6. The molecule has 0 aliphatic carbocycles. The Morgan fingerprint density at radius 3 is 2.72 bits per heavy atom. The van der Waals surface area contributed by atoms with E-state index in [0.717, 1.165) is 27.6 Å². The molecule has 1 heterocycles. The summed E-state index contributed by atoms with van der Waals surface area (Å²) in [5, 5.41) is 12.3. The SMILES string of the molecule is CCOc1cccc(C=Nc2ccc3oc4ccccc4c3c2)c1O. The predicted molar refractivity (Wildman–Crippen MR) is 100 cm³/mol. The van der Waals surface area contributed by atoms with Gasteiger partial charge in [-0.25, -0.2) is 0 Å². The molecule has 0 atom stereocenters. The van der Waals surface area contributed by atoms with Crippen molar-refractivity contribution in [3.8, 4) is 11.5 Å². The Kier molecular flexibility index (Phi) is 3.86. The summed E-state index contributed by atoms with van der Waals surface area (Å²) in [4.78, 5) is 4.49. The van der Waals surface area contributed by atoms with Crippen molar-refractivity contribution in [2.24, 2.45) is 4.99 Å². The molecule has 0 radical (unpaired) electrons. The predicted octanol–water partition coefficient (Wildman–Crippen LogP) is 5.44. The third-order valence-corrected chi connectivity index (χ3v) is 4.04. The van der Waals surface area contributed by atoms with Gasteiger partial charge in [-0.15, -0.1) is 0 Å². The second kappa shape index (κ2) is 6.32. The minimum atomic E-state index is 0.0999. The maximum absolute atomic E-state index is 10.2. The number of fused-ring (bicyclic) bond motifs is 3. The van der Waals surface area contributed by atoms with E-state index in [1.807, 2.05) is 55.5 Å². The molecule has 0 bridgehead atoms. The molecule has 0 aliphatic heterocycles. The zero-order chi connectivity index (χ0) is 17.2. The molecule has 1 N–H and O–H groups in total. The molecule has 4 aromatic rings. The first-order valence-corrected chi connectivity index (χ1v) is 8.16. The van der Waals surface area contributed by atoms with E-state index in [1.165, 1.54) is 0 Å². The lowest BCUT2D eigenvalue weighted by Gasteiger charge is -2.07. The third-order valence-electron chi connectivity index (χ3n) is 4.04. The van der Waals surface area contributed by atoms with Crippen LogP contribution in [0, 0.1) is 0 Å². The van der Waals surface area contributed by atoms with Gasteiger partial charge in [0.1, 0.15) is 11.2 Å². The van der Waals surface area contributed by atoms with Crippen LogP contribution in [-0.4, -0.2) is 17.9 Å². The number of phenolic OH excluding ortho intramolecular Hbond substituents is 1. The Bertz CT molecular complexity index is 1080. The van der Waals surface area contributed by atoms with Crippen molar-refractivity contribution >= 4 is 33.8 Å². The number of hydrogen-bond acceptors (Lipinski definition) is 4. The molecule has 0 saturated heterocycles. The van der Waals surface area contributed by atoms with Gasteiger partial charge < -0.3 is 14.3 Å². The molecular formula is C21H17NO3. The monoisotopic (exact) mass is 331 g/mol. The fourth-order valence-electron chi connectivity index (χ4n) is 2.85. The van der Waals surface area contributed by atoms with Crippen molar-refractivity contribution < 1.29 is 14.3 Å². The smallest absolute Gasteiger partial charge is 0.166 e. The highest BCUT2D eigenvalue weighted by atomic mass is 16.5. The summed E-state index contributed by atoms with van der Waals surface area (Å²) in [6, 6.07) is 19.1. The van der Waals surface area contributed by atoms with Gasteiger partial charge in [-0.2, -0.15) is 0 Å². The van der Waals surface area contributed by atoms with E-state index >= 15 is 0 Å². The molecule has 1 aromatic heterocycles. The molecule has 0 amide bonds. The van der Waals surface area contributed by atoms with Crippen LogP contribution in [-0.2, 0) is 0 Å². The van der Waals surface area contributed by atoms with Gasteiger partial charge in [-0.3, -0.25) is 4.99 Å². The molecule has 124 valence electrons. The number of rotatable bonds is 4. The number of ether oxygens (including phenoxy) is 1. The first-order valence-electron chi connectivity index (χ1n) is 8.16. The number of phenols is 1. The number of aromatic hydroxyl groups is 1. The van der Waals surface area contributed by atoms with Crippen molar-refractivity contribution in [3.63, 3.8) is 0 Å². The quantitative estimate of drug-likeness (QED) is 0.507. The molecular weight excluding hydrogens is 314 g/mol. The van der Waals surface area contributed by atoms with Gasteiger partial charge >= 0.3 is 0 Å². The van der Waals surface area contributed by atoms with Gasteiger partial charge in [-0.1, -0.05) is 24.3 Å². The molecule has 3 aromatic carbocycles. The first kappa shape index (κ1) is 15.3. The average molecular weight is 331 g/mol. The molecule has 0 saturated carbocycles. The Balaban J connectivity index is 1.72. The van der Waals surface area contributed by atoms with Gasteiger partial charge in [0.25, 0.3) is 0 Å². The number of hydrogen-bond donors (Lipinski definition) is 1. The number of furan rings is 1. The summed E-state index contributed by atoms with van der Waals surface area (Å²) < 4.78 is 11.2. The van der Waals surface area contributed by atoms with E-state index in [-0.39, 0.29) is 5.75 Å². The average Bonchev–Trinajstić information content (AvgIpc) is 3.01. The van der Waals surface area contributed by atoms with Gasteiger partial charge in [0.15, 0.2) is 11.5 Å². The van der Waals surface area contributed by atoms with Gasteiger partial charge in [0.2, 0.25) is 0 Å². The minimum Gasteiger partial charge on any atom is -0.504 e. The second-order valence-corrected chi connectivity index (χ2v) is 5.66. The summed E-state index contributed by atoms with van der Waals surface area (Å²) in [6.07, 6.45) is 1.64. The Morgan fingerprint density at radius 2 is 1.84 bits per heavy atom. The molecule has 4 rings (SSSR count). The van der Waals surface area contributed by atoms with Crippen molar-refractivity contribution in [1.82, 2.24) is 0 Å². The van der Waals surface area contributed by atoms with E-state index < -0.39 is 0 Å². The summed E-state index contributed by atoms with van der Waals surface area (Å²) in [5.41, 5.74) is 3.10. The van der Waals surface area contributed by atoms with E-state index in [2.05, 4.69) is 4.99 Å². The Morgan fingerprint density at radius 1 is 1.00 bits per heavy atom. The lowest BCUT2D eigenvalue weighted by atomic mass is 10.1. The highest BCUT2D eigenvalue weighted by Crippen LogP contribution is 2.32. The van der Waals surface area contributed by atoms with Gasteiger partial charge in [0.05, 0.1) is 12.3 Å². The van der Waals surface area contributed by atoms with Gasteiger partial charge in [-0.05, 0) is 43.3 Å². The van der Waals surface area contributed by atoms with Crippen LogP contribution in [0.3, 0.4) is 0 Å². The van der Waals surface area contributed by atoms with Crippen LogP contribution in [0.1, 0.15) is 12.5 Å². The summed E-state index contributed by atoms with van der Waals surface area (Å²) in [6.45, 7) is 2.38. The van der Waals surface area contributed by atoms with Crippen molar-refractivity contribution in [3.05, 3.63) is 66.2 Å². The lowest BCUT2D eigenvalue weighted by molar-refractivity contribution is 0.318. The zero-order valence-corrected chi connectivity index (χ0v) is 13.8. The maximum Gasteiger partial charge on any atom is 0.166 e. The highest BCUT2D eigenvalue weighted by Gasteiger charge is 2.08. The molecule has 4 heteroatoms. The van der Waals surface area contributed by atoms with Crippen molar-refractivity contribution in [1.29, 1.82) is 0 Å². The van der Waals surface area contributed by atoms with E-state index in [0.29, 0.717) is 17.9 Å². The summed E-state index contributed by atoms with van der Waals surface area (Å²) >= 11 is 0. The standard InChI is InChI=1S/C21H17NO3/c1-2-24-20-9-5-6-14(21(20)23)13-22-15-10-11-19-17(12-15)16-7-3-4-8-18(16)25-19/h3-13,23H,2H2,1H3. The molecule has 0 spiro atoms. The van der Waals surface area contributed by atoms with E-state index in [4.69, 9.17) is 9.15 Å². The zero-order valence-electron chi connectivity index (χ0n) is 13.8. The fourth-order valence-corrected chi connectivity index (χ4v) is 2.85. The topological polar surface area (TPSA) is 55.0 Å². The molecule has 4 nitrogen and oxygen atoms in total. The molecule has 0 fully saturated rings. The Hall–Kier alpha value is -3.27. The van der Waals surface area contributed by atoms with E-state index in [1.54, 1.807) is 18.3 Å². The number of para-hydroxylation sites is 2. The summed E-state index contributed by atoms with van der Waals surface area (Å²) in [5.74, 6) is 0.561. The second-order valence-electron chi connectivity index (χ2n) is 5.66.